The second-order valence-electron chi connectivity index (χ2n) is 4.34. The second kappa shape index (κ2) is 5.13. The van der Waals surface area contributed by atoms with Gasteiger partial charge in [-0.1, -0.05) is 11.6 Å². The Kier molecular flexibility index (Phi) is 3.43. The van der Waals surface area contributed by atoms with E-state index in [1.807, 2.05) is 0 Å². The number of nitrogens with one attached hydrogen (secondary N) is 1. The summed E-state index contributed by atoms with van der Waals surface area (Å²) in [5.74, 6) is -1.48. The Morgan fingerprint density at radius 1 is 1.24 bits per heavy atom. The van der Waals surface area contributed by atoms with Crippen molar-refractivity contribution in [2.75, 3.05) is 7.11 Å². The Bertz CT molecular complexity index is 904. The van der Waals surface area contributed by atoms with Crippen molar-refractivity contribution in [1.82, 2.24) is 9.55 Å². The van der Waals surface area contributed by atoms with Gasteiger partial charge in [0.1, 0.15) is 11.3 Å². The van der Waals surface area contributed by atoms with Gasteiger partial charge in [0.25, 0.3) is 0 Å². The molecule has 0 saturated carbocycles. The molecule has 0 saturated heterocycles. The molecule has 21 heavy (non-hydrogen) atoms. The van der Waals surface area contributed by atoms with Gasteiger partial charge in [-0.3, -0.25) is 4.57 Å². The fourth-order valence-corrected chi connectivity index (χ4v) is 2.67. The van der Waals surface area contributed by atoms with Crippen LogP contribution in [0, 0.1) is 16.4 Å². The Labute approximate surface area is 128 Å². The Morgan fingerprint density at radius 2 is 2.00 bits per heavy atom. The molecule has 0 amide bonds. The highest BCUT2D eigenvalue weighted by Gasteiger charge is 2.15. The number of methoxy groups -OCH3 is 1. The van der Waals surface area contributed by atoms with Crippen LogP contribution in [0.5, 0.6) is 5.75 Å². The van der Waals surface area contributed by atoms with Crippen LogP contribution < -0.4 is 4.74 Å². The van der Waals surface area contributed by atoms with Crippen molar-refractivity contribution in [3.8, 4) is 11.4 Å². The Balaban J connectivity index is 2.37. The van der Waals surface area contributed by atoms with Crippen molar-refractivity contribution in [3.63, 3.8) is 0 Å². The van der Waals surface area contributed by atoms with Gasteiger partial charge < -0.3 is 9.72 Å². The summed E-state index contributed by atoms with van der Waals surface area (Å²) in [6.45, 7) is 0. The van der Waals surface area contributed by atoms with Gasteiger partial charge in [0.2, 0.25) is 0 Å². The molecule has 1 heterocycles. The predicted octanol–water partition coefficient (Wildman–Crippen LogP) is 4.63. The molecule has 0 spiro atoms. The lowest BCUT2D eigenvalue weighted by molar-refractivity contribution is 0.415. The average Bonchev–Trinajstić information content (AvgIpc) is 2.81. The summed E-state index contributed by atoms with van der Waals surface area (Å²) in [6.07, 6.45) is 0. The third-order valence-electron chi connectivity index (χ3n) is 3.13. The minimum atomic E-state index is -0.964. The van der Waals surface area contributed by atoms with Crippen molar-refractivity contribution in [2.45, 2.75) is 0 Å². The average molecular weight is 327 g/mol. The van der Waals surface area contributed by atoms with Gasteiger partial charge in [-0.05, 0) is 36.5 Å². The molecule has 1 N–H and O–H groups in total. The van der Waals surface area contributed by atoms with E-state index in [9.17, 15) is 8.78 Å². The molecule has 0 atom stereocenters. The van der Waals surface area contributed by atoms with Gasteiger partial charge in [-0.25, -0.2) is 8.78 Å². The third kappa shape index (κ3) is 2.20. The molecule has 1 aromatic heterocycles. The van der Waals surface area contributed by atoms with Gasteiger partial charge in [-0.15, -0.1) is 0 Å². The molecule has 0 bridgehead atoms. The van der Waals surface area contributed by atoms with Gasteiger partial charge in [0, 0.05) is 6.07 Å². The number of hydrogen-bond acceptors (Lipinski definition) is 2. The first kappa shape index (κ1) is 14.0. The van der Waals surface area contributed by atoms with E-state index in [-0.39, 0.29) is 10.3 Å². The third-order valence-corrected chi connectivity index (χ3v) is 3.73. The number of aromatic amines is 1. The number of H-pyrrole nitrogens is 1. The first-order chi connectivity index (χ1) is 10.0. The summed E-state index contributed by atoms with van der Waals surface area (Å²) in [6, 6.07) is 7.35. The zero-order chi connectivity index (χ0) is 15.1. The van der Waals surface area contributed by atoms with Crippen LogP contribution in [0.4, 0.5) is 8.78 Å². The normalized spacial score (nSPS) is 11.0. The summed E-state index contributed by atoms with van der Waals surface area (Å²) >= 11 is 11.2. The van der Waals surface area contributed by atoms with Crippen LogP contribution in [-0.2, 0) is 0 Å². The zero-order valence-electron chi connectivity index (χ0n) is 10.8. The monoisotopic (exact) mass is 326 g/mol. The van der Waals surface area contributed by atoms with E-state index in [0.717, 1.165) is 6.07 Å². The second-order valence-corrected chi connectivity index (χ2v) is 5.14. The smallest absolute Gasteiger partial charge is 0.184 e. The fraction of sp³-hybridized carbons (Fsp3) is 0.0714. The molecular formula is C14H9ClF2N2OS. The standard InChI is InChI=1S/C14H9ClF2N2OS/c1-20-11-6-7(2-3-8(11)15)19-13-10(18-14(19)21)5-4-9(16)12(13)17/h2-6H,1H3,(H,18,21). The summed E-state index contributed by atoms with van der Waals surface area (Å²) in [4.78, 5) is 2.84. The molecule has 0 aliphatic carbocycles. The molecule has 0 fully saturated rings. The van der Waals surface area contributed by atoms with E-state index in [4.69, 9.17) is 28.6 Å². The van der Waals surface area contributed by atoms with Gasteiger partial charge in [0.15, 0.2) is 16.4 Å². The maximum absolute atomic E-state index is 14.1. The molecule has 0 aliphatic heterocycles. The lowest BCUT2D eigenvalue weighted by atomic mass is 10.2. The minimum Gasteiger partial charge on any atom is -0.495 e. The number of halogens is 3. The SMILES string of the molecule is COc1cc(-n2c(=S)[nH]c3ccc(F)c(F)c32)ccc1Cl. The number of fused-ring (bicyclic) bond motifs is 1. The largest absolute Gasteiger partial charge is 0.495 e. The maximum atomic E-state index is 14.1. The number of nitrogens with zero attached hydrogens (tertiary/aromatic N) is 1. The first-order valence-electron chi connectivity index (χ1n) is 5.95. The molecule has 3 nitrogen and oxygen atoms in total. The molecule has 2 aromatic carbocycles. The van der Waals surface area contributed by atoms with Crippen molar-refractivity contribution >= 4 is 34.9 Å². The van der Waals surface area contributed by atoms with Crippen LogP contribution >= 0.6 is 23.8 Å². The highest BCUT2D eigenvalue weighted by atomic mass is 35.5. The molecule has 3 aromatic rings. The topological polar surface area (TPSA) is 29.9 Å². The van der Waals surface area contributed by atoms with Crippen molar-refractivity contribution in [2.24, 2.45) is 0 Å². The number of rotatable bonds is 2. The van der Waals surface area contributed by atoms with Gasteiger partial charge in [-0.2, -0.15) is 0 Å². The fourth-order valence-electron chi connectivity index (χ4n) is 2.17. The van der Waals surface area contributed by atoms with E-state index in [0.29, 0.717) is 22.0 Å². The summed E-state index contributed by atoms with van der Waals surface area (Å²) < 4.78 is 34.4. The van der Waals surface area contributed by atoms with Crippen LogP contribution in [-0.4, -0.2) is 16.7 Å². The molecule has 108 valence electrons. The quantitative estimate of drug-likeness (QED) is 0.696. The van der Waals surface area contributed by atoms with Crippen LogP contribution in [0.3, 0.4) is 0 Å². The van der Waals surface area contributed by atoms with Crippen molar-refractivity contribution < 1.29 is 13.5 Å². The highest BCUT2D eigenvalue weighted by Crippen LogP contribution is 2.30. The lowest BCUT2D eigenvalue weighted by Crippen LogP contribution is -1.98. The van der Waals surface area contributed by atoms with Crippen LogP contribution in [0.1, 0.15) is 0 Å². The molecule has 3 rings (SSSR count). The molecular weight excluding hydrogens is 318 g/mol. The minimum absolute atomic E-state index is 0.0457. The van der Waals surface area contributed by atoms with Crippen LogP contribution in [0.2, 0.25) is 5.02 Å². The Hall–Kier alpha value is -1.92. The molecule has 0 unspecified atom stereocenters. The van der Waals surface area contributed by atoms with E-state index in [2.05, 4.69) is 4.98 Å². The van der Waals surface area contributed by atoms with E-state index >= 15 is 0 Å². The van der Waals surface area contributed by atoms with Crippen LogP contribution in [0.15, 0.2) is 30.3 Å². The number of hydrogen-bond donors (Lipinski definition) is 1. The van der Waals surface area contributed by atoms with E-state index in [1.165, 1.54) is 17.7 Å². The first-order valence-corrected chi connectivity index (χ1v) is 6.74. The maximum Gasteiger partial charge on any atom is 0.184 e. The van der Waals surface area contributed by atoms with Crippen molar-refractivity contribution in [1.29, 1.82) is 0 Å². The van der Waals surface area contributed by atoms with E-state index in [1.54, 1.807) is 18.2 Å². The lowest BCUT2D eigenvalue weighted by Gasteiger charge is -2.09. The number of ether oxygens (including phenoxy) is 1. The highest BCUT2D eigenvalue weighted by molar-refractivity contribution is 7.71. The summed E-state index contributed by atoms with van der Waals surface area (Å²) in [5.41, 5.74) is 0.981. The summed E-state index contributed by atoms with van der Waals surface area (Å²) in [5, 5.41) is 0.416. The number of aromatic nitrogens is 2. The van der Waals surface area contributed by atoms with E-state index < -0.39 is 11.6 Å². The molecule has 0 radical (unpaired) electrons. The zero-order valence-corrected chi connectivity index (χ0v) is 12.4. The predicted molar refractivity (Wildman–Crippen MR) is 79.9 cm³/mol. The molecule has 0 aliphatic rings. The van der Waals surface area contributed by atoms with Gasteiger partial charge >= 0.3 is 0 Å². The number of imidazole rings is 1. The number of benzene rings is 2. The van der Waals surface area contributed by atoms with Crippen molar-refractivity contribution in [3.05, 3.63) is 51.8 Å². The van der Waals surface area contributed by atoms with Gasteiger partial charge in [0.05, 0.1) is 23.3 Å². The van der Waals surface area contributed by atoms with Crippen LogP contribution in [0.25, 0.3) is 16.7 Å². The summed E-state index contributed by atoms with van der Waals surface area (Å²) in [7, 11) is 1.47. The molecule has 7 heteroatoms. The Morgan fingerprint density at radius 3 is 2.71 bits per heavy atom.